The Balaban J connectivity index is 1.94. The summed E-state index contributed by atoms with van der Waals surface area (Å²) >= 11 is 0. The van der Waals surface area contributed by atoms with E-state index in [0.29, 0.717) is 0 Å². The number of nitrogens with zero attached hydrogens (tertiary/aromatic N) is 4. The molecule has 4 heteroatoms. The molecule has 0 fully saturated rings. The van der Waals surface area contributed by atoms with Crippen LogP contribution in [0.5, 0.6) is 0 Å². The van der Waals surface area contributed by atoms with E-state index in [1.807, 2.05) is 6.07 Å². The van der Waals surface area contributed by atoms with Gasteiger partial charge in [-0.3, -0.25) is 4.68 Å². The number of rotatable bonds is 6. The first kappa shape index (κ1) is 13.7. The smallest absolute Gasteiger partial charge is 0.129 e. The van der Waals surface area contributed by atoms with Gasteiger partial charge in [0.15, 0.2) is 0 Å². The highest BCUT2D eigenvalue weighted by Crippen LogP contribution is 2.18. The molecule has 0 radical (unpaired) electrons. The quantitative estimate of drug-likeness (QED) is 0.648. The first-order valence-corrected chi connectivity index (χ1v) is 7.58. The van der Waals surface area contributed by atoms with Gasteiger partial charge in [0.05, 0.1) is 18.4 Å². The van der Waals surface area contributed by atoms with Crippen LogP contribution < -0.4 is 0 Å². The fourth-order valence-electron chi connectivity index (χ4n) is 2.61. The van der Waals surface area contributed by atoms with E-state index in [1.165, 1.54) is 30.5 Å². The molecule has 0 spiro atoms. The Morgan fingerprint density at radius 1 is 1.10 bits per heavy atom. The zero-order chi connectivity index (χ0) is 14.5. The minimum absolute atomic E-state index is 0.790. The standard InChI is InChI=1S/C17H20N4/c1-2-3-5-10-16-17-15(11-18-13-19-17)20-21(16)12-14-8-6-4-7-9-14/h4,6-9,11,13H,2-3,5,10,12H2,1H3. The minimum Gasteiger partial charge on any atom is -0.262 e. The summed E-state index contributed by atoms with van der Waals surface area (Å²) in [6, 6.07) is 10.4. The third kappa shape index (κ3) is 3.10. The Hall–Kier alpha value is -2.23. The van der Waals surface area contributed by atoms with Crippen LogP contribution in [0.4, 0.5) is 0 Å². The highest BCUT2D eigenvalue weighted by molar-refractivity contribution is 5.75. The van der Waals surface area contributed by atoms with Crippen LogP contribution in [0.3, 0.4) is 0 Å². The number of hydrogen-bond donors (Lipinski definition) is 0. The second kappa shape index (κ2) is 6.48. The van der Waals surface area contributed by atoms with Gasteiger partial charge in [0.2, 0.25) is 0 Å². The van der Waals surface area contributed by atoms with Gasteiger partial charge < -0.3 is 0 Å². The van der Waals surface area contributed by atoms with Crippen molar-refractivity contribution >= 4 is 11.0 Å². The highest BCUT2D eigenvalue weighted by atomic mass is 15.3. The van der Waals surface area contributed by atoms with Crippen LogP contribution in [0.15, 0.2) is 42.9 Å². The highest BCUT2D eigenvalue weighted by Gasteiger charge is 2.12. The summed E-state index contributed by atoms with van der Waals surface area (Å²) in [5.41, 5.74) is 4.37. The fourth-order valence-corrected chi connectivity index (χ4v) is 2.61. The molecule has 3 aromatic rings. The first-order chi connectivity index (χ1) is 10.4. The number of hydrogen-bond acceptors (Lipinski definition) is 3. The lowest BCUT2D eigenvalue weighted by Crippen LogP contribution is -2.06. The number of fused-ring (bicyclic) bond motifs is 1. The van der Waals surface area contributed by atoms with E-state index in [0.717, 1.165) is 24.0 Å². The Labute approximate surface area is 124 Å². The van der Waals surface area contributed by atoms with Crippen LogP contribution in [0.25, 0.3) is 11.0 Å². The van der Waals surface area contributed by atoms with E-state index in [1.54, 1.807) is 12.5 Å². The average Bonchev–Trinajstić information content (AvgIpc) is 2.86. The minimum atomic E-state index is 0.790. The van der Waals surface area contributed by atoms with Crippen molar-refractivity contribution in [1.82, 2.24) is 19.7 Å². The van der Waals surface area contributed by atoms with E-state index in [4.69, 9.17) is 0 Å². The monoisotopic (exact) mass is 280 g/mol. The van der Waals surface area contributed by atoms with E-state index in [2.05, 4.69) is 50.9 Å². The van der Waals surface area contributed by atoms with Crippen LogP contribution in [0, 0.1) is 0 Å². The fraction of sp³-hybridized carbons (Fsp3) is 0.353. The number of benzene rings is 1. The molecule has 0 N–H and O–H groups in total. The molecule has 0 unspecified atom stereocenters. The normalized spacial score (nSPS) is 11.1. The molecule has 0 atom stereocenters. The summed E-state index contributed by atoms with van der Waals surface area (Å²) in [6.07, 6.45) is 8.07. The van der Waals surface area contributed by atoms with Crippen molar-refractivity contribution in [2.75, 3.05) is 0 Å². The Kier molecular flexibility index (Phi) is 4.24. The molecular weight excluding hydrogens is 260 g/mol. The van der Waals surface area contributed by atoms with Gasteiger partial charge in [-0.2, -0.15) is 5.10 Å². The summed E-state index contributed by atoms with van der Waals surface area (Å²) < 4.78 is 2.09. The zero-order valence-electron chi connectivity index (χ0n) is 12.4. The van der Waals surface area contributed by atoms with Crippen molar-refractivity contribution in [3.63, 3.8) is 0 Å². The first-order valence-electron chi connectivity index (χ1n) is 7.58. The topological polar surface area (TPSA) is 43.6 Å². The Morgan fingerprint density at radius 2 is 1.95 bits per heavy atom. The predicted octanol–water partition coefficient (Wildman–Crippen LogP) is 3.61. The lowest BCUT2D eigenvalue weighted by Gasteiger charge is -2.07. The van der Waals surface area contributed by atoms with Crippen molar-refractivity contribution in [2.24, 2.45) is 0 Å². The molecule has 3 rings (SSSR count). The summed E-state index contributed by atoms with van der Waals surface area (Å²) in [6.45, 7) is 3.01. The molecule has 0 bridgehead atoms. The molecule has 0 saturated carbocycles. The van der Waals surface area contributed by atoms with Crippen molar-refractivity contribution in [1.29, 1.82) is 0 Å². The number of aromatic nitrogens is 4. The van der Waals surface area contributed by atoms with Gasteiger partial charge in [-0.15, -0.1) is 0 Å². The maximum Gasteiger partial charge on any atom is 0.129 e. The van der Waals surface area contributed by atoms with Crippen molar-refractivity contribution < 1.29 is 0 Å². The van der Waals surface area contributed by atoms with Gasteiger partial charge in [0.1, 0.15) is 17.4 Å². The van der Waals surface area contributed by atoms with Crippen molar-refractivity contribution in [2.45, 2.75) is 39.2 Å². The van der Waals surface area contributed by atoms with Crippen LogP contribution in [-0.2, 0) is 13.0 Å². The van der Waals surface area contributed by atoms with E-state index in [-0.39, 0.29) is 0 Å². The van der Waals surface area contributed by atoms with Crippen LogP contribution >= 0.6 is 0 Å². The molecule has 0 aliphatic rings. The summed E-state index contributed by atoms with van der Waals surface area (Å²) in [5.74, 6) is 0. The van der Waals surface area contributed by atoms with E-state index in [9.17, 15) is 0 Å². The van der Waals surface area contributed by atoms with Crippen molar-refractivity contribution in [3.05, 3.63) is 54.1 Å². The Morgan fingerprint density at radius 3 is 2.76 bits per heavy atom. The van der Waals surface area contributed by atoms with E-state index < -0.39 is 0 Å². The van der Waals surface area contributed by atoms with Crippen LogP contribution in [0.1, 0.15) is 37.4 Å². The van der Waals surface area contributed by atoms with Crippen LogP contribution in [0.2, 0.25) is 0 Å². The lowest BCUT2D eigenvalue weighted by atomic mass is 10.1. The largest absolute Gasteiger partial charge is 0.262 e. The molecule has 108 valence electrons. The summed E-state index contributed by atoms with van der Waals surface area (Å²) in [4.78, 5) is 8.51. The second-order valence-corrected chi connectivity index (χ2v) is 5.30. The molecular formula is C17H20N4. The van der Waals surface area contributed by atoms with Gasteiger partial charge >= 0.3 is 0 Å². The second-order valence-electron chi connectivity index (χ2n) is 5.30. The maximum absolute atomic E-state index is 4.68. The predicted molar refractivity (Wildman–Crippen MR) is 84.1 cm³/mol. The summed E-state index contributed by atoms with van der Waals surface area (Å²) in [5, 5.41) is 4.68. The Bertz CT molecular complexity index is 703. The van der Waals surface area contributed by atoms with Gasteiger partial charge in [-0.25, -0.2) is 9.97 Å². The molecule has 2 heterocycles. The SMILES string of the molecule is CCCCCc1c2ncncc2nn1Cc1ccccc1. The molecule has 21 heavy (non-hydrogen) atoms. The van der Waals surface area contributed by atoms with Gasteiger partial charge in [0.25, 0.3) is 0 Å². The zero-order valence-corrected chi connectivity index (χ0v) is 12.4. The van der Waals surface area contributed by atoms with Crippen LogP contribution in [-0.4, -0.2) is 19.7 Å². The number of aryl methyl sites for hydroxylation is 1. The molecule has 0 aliphatic carbocycles. The third-order valence-corrected chi connectivity index (χ3v) is 3.70. The van der Waals surface area contributed by atoms with Gasteiger partial charge in [-0.1, -0.05) is 50.1 Å². The third-order valence-electron chi connectivity index (χ3n) is 3.70. The lowest BCUT2D eigenvalue weighted by molar-refractivity contribution is 0.621. The van der Waals surface area contributed by atoms with Crippen molar-refractivity contribution in [3.8, 4) is 0 Å². The molecule has 1 aromatic carbocycles. The summed E-state index contributed by atoms with van der Waals surface area (Å²) in [7, 11) is 0. The molecule has 2 aromatic heterocycles. The molecule has 0 aliphatic heterocycles. The maximum atomic E-state index is 4.68. The molecule has 0 saturated heterocycles. The molecule has 0 amide bonds. The van der Waals surface area contributed by atoms with Gasteiger partial charge in [0, 0.05) is 0 Å². The number of unbranched alkanes of at least 4 members (excludes halogenated alkanes) is 2. The van der Waals surface area contributed by atoms with Gasteiger partial charge in [-0.05, 0) is 18.4 Å². The molecule has 4 nitrogen and oxygen atoms in total. The van der Waals surface area contributed by atoms with E-state index >= 15 is 0 Å². The average molecular weight is 280 g/mol.